The van der Waals surface area contributed by atoms with Gasteiger partial charge in [0.25, 0.3) is 0 Å². The van der Waals surface area contributed by atoms with Crippen LogP contribution in [0.15, 0.2) is 65.7 Å². The van der Waals surface area contributed by atoms with E-state index in [0.717, 1.165) is 16.0 Å². The lowest BCUT2D eigenvalue weighted by Gasteiger charge is -2.39. The van der Waals surface area contributed by atoms with Gasteiger partial charge < -0.3 is 25.8 Å². The summed E-state index contributed by atoms with van der Waals surface area (Å²) in [5.74, 6) is -1.03. The number of anilines is 2. The van der Waals surface area contributed by atoms with Crippen molar-refractivity contribution in [3.05, 3.63) is 72.1 Å². The van der Waals surface area contributed by atoms with Crippen molar-refractivity contribution in [2.45, 2.75) is 49.4 Å². The number of rotatable bonds is 8. The zero-order chi connectivity index (χ0) is 32.6. The molecule has 4 heterocycles. The molecule has 46 heavy (non-hydrogen) atoms. The third kappa shape index (κ3) is 6.63. The zero-order valence-electron chi connectivity index (χ0n) is 25.3. The maximum absolute atomic E-state index is 14.8. The summed E-state index contributed by atoms with van der Waals surface area (Å²) in [7, 11) is 0. The Hall–Kier alpha value is -4.30. The van der Waals surface area contributed by atoms with Gasteiger partial charge in [-0.05, 0) is 73.2 Å². The lowest BCUT2D eigenvalue weighted by Crippen LogP contribution is -2.41. The fourth-order valence-corrected chi connectivity index (χ4v) is 6.65. The first-order chi connectivity index (χ1) is 21.9. The molecule has 2 aromatic carbocycles. The number of aliphatic carboxylic acids is 1. The SMILES string of the molecule is CSc1ccc(-c2ccc(C(Oc3cc(N4CCC5(CC4)CNC(C(=O)O)C5)nc(N)n3)C(F)(F)F)c(-n3ccc(C)n3)c2)cc1. The Morgan fingerprint density at radius 3 is 2.43 bits per heavy atom. The van der Waals surface area contributed by atoms with Crippen molar-refractivity contribution in [3.63, 3.8) is 0 Å². The topological polar surface area (TPSA) is 131 Å². The Bertz CT molecular complexity index is 1720. The van der Waals surface area contributed by atoms with Gasteiger partial charge in [0.2, 0.25) is 17.9 Å². The van der Waals surface area contributed by atoms with Gasteiger partial charge in [-0.25, -0.2) is 4.68 Å². The van der Waals surface area contributed by atoms with Gasteiger partial charge in [0, 0.05) is 42.4 Å². The molecule has 6 rings (SSSR count). The lowest BCUT2D eigenvalue weighted by molar-refractivity contribution is -0.198. The van der Waals surface area contributed by atoms with Gasteiger partial charge in [0.05, 0.1) is 11.4 Å². The summed E-state index contributed by atoms with van der Waals surface area (Å²) in [5.41, 5.74) is 8.14. The molecule has 2 aliphatic heterocycles. The summed E-state index contributed by atoms with van der Waals surface area (Å²) in [5, 5.41) is 16.9. The first kappa shape index (κ1) is 31.7. The summed E-state index contributed by atoms with van der Waals surface area (Å²) in [4.78, 5) is 22.7. The number of carboxylic acids is 1. The number of ether oxygens (including phenoxy) is 1. The number of hydrogen-bond donors (Lipinski definition) is 3. The smallest absolute Gasteiger partial charge is 0.429 e. The van der Waals surface area contributed by atoms with E-state index in [9.17, 15) is 23.1 Å². The summed E-state index contributed by atoms with van der Waals surface area (Å²) in [6, 6.07) is 15.0. The molecule has 2 fully saturated rings. The number of hydrogen-bond acceptors (Lipinski definition) is 9. The van der Waals surface area contributed by atoms with Crippen LogP contribution in [-0.4, -0.2) is 68.9 Å². The van der Waals surface area contributed by atoms with Crippen molar-refractivity contribution in [2.24, 2.45) is 5.41 Å². The molecule has 242 valence electrons. The van der Waals surface area contributed by atoms with Crippen molar-refractivity contribution < 1.29 is 27.8 Å². The normalized spacial score (nSPS) is 18.5. The molecule has 0 amide bonds. The molecular weight excluding hydrogens is 619 g/mol. The van der Waals surface area contributed by atoms with Crippen molar-refractivity contribution >= 4 is 29.5 Å². The molecule has 14 heteroatoms. The monoisotopic (exact) mass is 653 g/mol. The maximum atomic E-state index is 14.8. The Labute approximate surface area is 268 Å². The van der Waals surface area contributed by atoms with E-state index in [-0.39, 0.29) is 28.5 Å². The number of nitrogens with two attached hydrogens (primary N) is 1. The van der Waals surface area contributed by atoms with Gasteiger partial charge in [-0.15, -0.1) is 11.8 Å². The van der Waals surface area contributed by atoms with Crippen LogP contribution in [0.1, 0.15) is 36.6 Å². The number of halogens is 3. The molecule has 1 spiro atoms. The van der Waals surface area contributed by atoms with E-state index in [1.54, 1.807) is 43.1 Å². The molecule has 0 saturated carbocycles. The number of aryl methyl sites for hydroxylation is 1. The number of nitrogen functional groups attached to an aromatic ring is 1. The quantitative estimate of drug-likeness (QED) is 0.205. The standard InChI is InChI=1S/C32H34F3N7O3S/c1-19-9-12-42(40-19)25-15-21(20-3-6-22(46-2)7-4-20)5-8-23(25)28(32(33,34)35)45-27-16-26(38-30(36)39-27)41-13-10-31(11-14-41)17-24(29(43)44)37-18-31/h3-9,12,15-16,24,28,37H,10-11,13-14,17-18H2,1-2H3,(H,43,44)(H2,36,38,39). The Morgan fingerprint density at radius 2 is 1.83 bits per heavy atom. The fourth-order valence-electron chi connectivity index (χ4n) is 6.24. The zero-order valence-corrected chi connectivity index (χ0v) is 26.1. The summed E-state index contributed by atoms with van der Waals surface area (Å²) < 4.78 is 51.5. The second kappa shape index (κ2) is 12.5. The number of alkyl halides is 3. The minimum atomic E-state index is -4.81. The van der Waals surface area contributed by atoms with Gasteiger partial charge in [0.1, 0.15) is 11.9 Å². The first-order valence-corrected chi connectivity index (χ1v) is 16.1. The van der Waals surface area contributed by atoms with E-state index < -0.39 is 24.3 Å². The molecule has 0 radical (unpaired) electrons. The molecule has 2 atom stereocenters. The van der Waals surface area contributed by atoms with Gasteiger partial charge >= 0.3 is 12.1 Å². The third-order valence-electron chi connectivity index (χ3n) is 8.75. The Balaban J connectivity index is 1.30. The van der Waals surface area contributed by atoms with Crippen molar-refractivity contribution in [3.8, 4) is 22.7 Å². The molecule has 2 aromatic heterocycles. The highest BCUT2D eigenvalue weighted by molar-refractivity contribution is 7.98. The van der Waals surface area contributed by atoms with Gasteiger partial charge in [-0.1, -0.05) is 24.3 Å². The van der Waals surface area contributed by atoms with Crippen LogP contribution in [0.5, 0.6) is 5.88 Å². The number of nitrogens with zero attached hydrogens (tertiary/aromatic N) is 5. The van der Waals surface area contributed by atoms with Crippen molar-refractivity contribution in [1.82, 2.24) is 25.1 Å². The van der Waals surface area contributed by atoms with Crippen LogP contribution in [0.3, 0.4) is 0 Å². The molecule has 10 nitrogen and oxygen atoms in total. The second-order valence-corrected chi connectivity index (χ2v) is 12.7. The Morgan fingerprint density at radius 1 is 1.11 bits per heavy atom. The molecule has 2 aliphatic rings. The van der Waals surface area contributed by atoms with Crippen LogP contribution in [0.4, 0.5) is 24.9 Å². The minimum absolute atomic E-state index is 0.138. The molecule has 2 saturated heterocycles. The van der Waals surface area contributed by atoms with E-state index in [4.69, 9.17) is 10.5 Å². The summed E-state index contributed by atoms with van der Waals surface area (Å²) in [6.07, 6.45) is -1.67. The van der Waals surface area contributed by atoms with Crippen LogP contribution < -0.4 is 20.7 Å². The fraction of sp³-hybridized carbons (Fsp3) is 0.375. The highest BCUT2D eigenvalue weighted by Gasteiger charge is 2.46. The first-order valence-electron chi connectivity index (χ1n) is 14.8. The number of aromatic nitrogens is 4. The van der Waals surface area contributed by atoms with Crippen molar-refractivity contribution in [1.29, 1.82) is 0 Å². The molecule has 0 aliphatic carbocycles. The van der Waals surface area contributed by atoms with Crippen LogP contribution in [0, 0.1) is 12.3 Å². The molecular formula is C32H34F3N7O3S. The van der Waals surface area contributed by atoms with Crippen molar-refractivity contribution in [2.75, 3.05) is 36.5 Å². The van der Waals surface area contributed by atoms with Gasteiger partial charge in [-0.2, -0.15) is 28.2 Å². The predicted octanol–water partition coefficient (Wildman–Crippen LogP) is 5.66. The van der Waals surface area contributed by atoms with Gasteiger partial charge in [-0.3, -0.25) is 4.79 Å². The molecule has 4 aromatic rings. The Kier molecular flexibility index (Phi) is 8.59. The molecule has 0 bridgehead atoms. The maximum Gasteiger partial charge on any atom is 0.429 e. The summed E-state index contributed by atoms with van der Waals surface area (Å²) in [6.45, 7) is 3.44. The van der Waals surface area contributed by atoms with E-state index in [1.165, 1.54) is 16.8 Å². The number of thioether (sulfide) groups is 1. The second-order valence-electron chi connectivity index (χ2n) is 11.8. The lowest BCUT2D eigenvalue weighted by atomic mass is 9.76. The molecule has 2 unspecified atom stereocenters. The predicted molar refractivity (Wildman–Crippen MR) is 169 cm³/mol. The number of carboxylic acid groups (broad SMARTS) is 1. The van der Waals surface area contributed by atoms with E-state index in [1.807, 2.05) is 35.4 Å². The number of carbonyl (C=O) groups is 1. The summed E-state index contributed by atoms with van der Waals surface area (Å²) >= 11 is 1.60. The van der Waals surface area contributed by atoms with Crippen LogP contribution in [-0.2, 0) is 4.79 Å². The van der Waals surface area contributed by atoms with E-state index in [2.05, 4.69) is 20.4 Å². The van der Waals surface area contributed by atoms with Gasteiger partial charge in [0.15, 0.2) is 0 Å². The van der Waals surface area contributed by atoms with Crippen LogP contribution in [0.25, 0.3) is 16.8 Å². The third-order valence-corrected chi connectivity index (χ3v) is 9.50. The van der Waals surface area contributed by atoms with Crippen LogP contribution >= 0.6 is 11.8 Å². The average molecular weight is 654 g/mol. The van der Waals surface area contributed by atoms with E-state index >= 15 is 0 Å². The number of nitrogens with one attached hydrogen (secondary N) is 1. The highest BCUT2D eigenvalue weighted by Crippen LogP contribution is 2.43. The van der Waals surface area contributed by atoms with E-state index in [0.29, 0.717) is 50.4 Å². The largest absolute Gasteiger partial charge is 0.480 e. The highest BCUT2D eigenvalue weighted by atomic mass is 32.2. The molecule has 4 N–H and O–H groups in total. The minimum Gasteiger partial charge on any atom is -0.480 e. The average Bonchev–Trinajstić information content (AvgIpc) is 3.66. The number of benzene rings is 2. The van der Waals surface area contributed by atoms with Crippen LogP contribution in [0.2, 0.25) is 0 Å². The number of piperidine rings is 1.